The summed E-state index contributed by atoms with van der Waals surface area (Å²) in [5.74, 6) is 0.971. The molecule has 3 heterocycles. The monoisotopic (exact) mass is 519 g/mol. The van der Waals surface area contributed by atoms with Crippen LogP contribution in [0.4, 0.5) is 21.7 Å². The van der Waals surface area contributed by atoms with Gasteiger partial charge in [-0.25, -0.2) is 19.0 Å². The van der Waals surface area contributed by atoms with E-state index in [1.165, 1.54) is 29.2 Å². The molecule has 1 aliphatic heterocycles. The molecule has 198 valence electrons. The SMILES string of the molecule is CN1CCN(CCCOc2ccc3c(Nc4cn(CC(=O)Nc5cccc(F)c5)nn4)ncnc3c2)CC1. The standard InChI is InChI=1S/C26H30FN9O2/c1-34-9-11-35(12-10-34)8-3-13-38-21-6-7-22-23(15-21)28-18-29-26(22)31-24-16-36(33-32-24)17-25(37)30-20-5-2-4-19(27)14-20/h2,4-7,14-16,18H,3,8-13,17H2,1H3,(H,30,37)(H,28,29,31). The third-order valence-corrected chi connectivity index (χ3v) is 6.29. The Kier molecular flexibility index (Phi) is 8.00. The average Bonchev–Trinajstić information content (AvgIpc) is 3.34. The zero-order valence-electron chi connectivity index (χ0n) is 21.2. The molecule has 0 unspecified atom stereocenters. The van der Waals surface area contributed by atoms with Crippen LogP contribution in [0.1, 0.15) is 6.42 Å². The topological polar surface area (TPSA) is 113 Å². The Morgan fingerprint density at radius 3 is 2.82 bits per heavy atom. The van der Waals surface area contributed by atoms with Gasteiger partial charge in [-0.1, -0.05) is 11.3 Å². The van der Waals surface area contributed by atoms with Gasteiger partial charge >= 0.3 is 0 Å². The number of carbonyl (C=O) groups excluding carboxylic acids is 1. The Morgan fingerprint density at radius 1 is 1.11 bits per heavy atom. The van der Waals surface area contributed by atoms with E-state index in [2.05, 4.69) is 47.8 Å². The second kappa shape index (κ2) is 11.9. The average molecular weight is 520 g/mol. The number of nitrogens with zero attached hydrogens (tertiary/aromatic N) is 7. The number of fused-ring (bicyclic) bond motifs is 1. The lowest BCUT2D eigenvalue weighted by molar-refractivity contribution is -0.116. The summed E-state index contributed by atoms with van der Waals surface area (Å²) in [6, 6.07) is 11.4. The number of rotatable bonds is 10. The number of piperazine rings is 1. The summed E-state index contributed by atoms with van der Waals surface area (Å²) in [6.07, 6.45) is 4.03. The van der Waals surface area contributed by atoms with Crippen LogP contribution in [0.5, 0.6) is 5.75 Å². The number of anilines is 3. The first-order valence-corrected chi connectivity index (χ1v) is 12.5. The van der Waals surface area contributed by atoms with E-state index in [0.717, 1.165) is 55.8 Å². The lowest BCUT2D eigenvalue weighted by atomic mass is 10.2. The second-order valence-corrected chi connectivity index (χ2v) is 9.23. The molecule has 38 heavy (non-hydrogen) atoms. The predicted octanol–water partition coefficient (Wildman–Crippen LogP) is 2.76. The van der Waals surface area contributed by atoms with Crippen molar-refractivity contribution in [2.75, 3.05) is 57.0 Å². The molecule has 0 radical (unpaired) electrons. The maximum Gasteiger partial charge on any atom is 0.246 e. The number of nitrogens with one attached hydrogen (secondary N) is 2. The minimum Gasteiger partial charge on any atom is -0.493 e. The number of aromatic nitrogens is 5. The Labute approximate surface area is 219 Å². The smallest absolute Gasteiger partial charge is 0.246 e. The molecular formula is C26H30FN9O2. The minimum absolute atomic E-state index is 0.0782. The number of halogens is 1. The van der Waals surface area contributed by atoms with Crippen LogP contribution in [0.25, 0.3) is 10.9 Å². The van der Waals surface area contributed by atoms with Crippen LogP contribution in [0.2, 0.25) is 0 Å². The van der Waals surface area contributed by atoms with Gasteiger partial charge in [0.05, 0.1) is 18.3 Å². The van der Waals surface area contributed by atoms with Crippen molar-refractivity contribution >= 4 is 34.1 Å². The molecule has 0 aliphatic carbocycles. The van der Waals surface area contributed by atoms with Crippen LogP contribution in [0, 0.1) is 5.82 Å². The van der Waals surface area contributed by atoms with Gasteiger partial charge in [0.15, 0.2) is 5.82 Å². The minimum atomic E-state index is -0.424. The molecule has 1 aliphatic rings. The van der Waals surface area contributed by atoms with E-state index < -0.39 is 5.82 Å². The van der Waals surface area contributed by atoms with Gasteiger partial charge in [-0.05, 0) is 43.8 Å². The highest BCUT2D eigenvalue weighted by molar-refractivity contribution is 5.91. The van der Waals surface area contributed by atoms with Gasteiger partial charge in [0, 0.05) is 49.9 Å². The number of carbonyl (C=O) groups is 1. The first kappa shape index (κ1) is 25.5. The quantitative estimate of drug-likeness (QED) is 0.305. The van der Waals surface area contributed by atoms with Gasteiger partial charge in [-0.3, -0.25) is 4.79 Å². The molecule has 2 N–H and O–H groups in total. The summed E-state index contributed by atoms with van der Waals surface area (Å²) < 4.78 is 20.7. The Hall–Kier alpha value is -4.16. The van der Waals surface area contributed by atoms with Crippen LogP contribution >= 0.6 is 0 Å². The summed E-state index contributed by atoms with van der Waals surface area (Å²) in [5.41, 5.74) is 1.11. The second-order valence-electron chi connectivity index (χ2n) is 9.23. The lowest BCUT2D eigenvalue weighted by Gasteiger charge is -2.32. The Balaban J connectivity index is 1.15. The summed E-state index contributed by atoms with van der Waals surface area (Å²) in [6.45, 7) is 6.04. The highest BCUT2D eigenvalue weighted by Gasteiger charge is 2.13. The number of hydrogen-bond donors (Lipinski definition) is 2. The number of amides is 1. The summed E-state index contributed by atoms with van der Waals surface area (Å²) in [7, 11) is 2.16. The first-order valence-electron chi connectivity index (χ1n) is 12.5. The van der Waals surface area contributed by atoms with Crippen molar-refractivity contribution in [3.63, 3.8) is 0 Å². The van der Waals surface area contributed by atoms with E-state index in [0.29, 0.717) is 23.9 Å². The molecule has 5 rings (SSSR count). The normalized spacial score (nSPS) is 14.5. The van der Waals surface area contributed by atoms with Crippen LogP contribution in [-0.2, 0) is 11.3 Å². The van der Waals surface area contributed by atoms with Gasteiger partial charge in [0.25, 0.3) is 0 Å². The molecule has 2 aromatic heterocycles. The van der Waals surface area contributed by atoms with E-state index in [1.54, 1.807) is 12.3 Å². The van der Waals surface area contributed by atoms with E-state index in [4.69, 9.17) is 4.74 Å². The van der Waals surface area contributed by atoms with Crippen molar-refractivity contribution in [1.82, 2.24) is 34.8 Å². The molecule has 1 fully saturated rings. The zero-order valence-corrected chi connectivity index (χ0v) is 21.2. The van der Waals surface area contributed by atoms with Crippen molar-refractivity contribution in [2.45, 2.75) is 13.0 Å². The molecule has 1 amide bonds. The fourth-order valence-corrected chi connectivity index (χ4v) is 4.24. The number of likely N-dealkylation sites (N-methyl/N-ethyl adjacent to an activating group) is 1. The van der Waals surface area contributed by atoms with Crippen molar-refractivity contribution in [2.24, 2.45) is 0 Å². The van der Waals surface area contributed by atoms with Gasteiger partial charge in [0.1, 0.15) is 30.3 Å². The molecule has 0 saturated carbocycles. The maximum atomic E-state index is 13.3. The van der Waals surface area contributed by atoms with Crippen molar-refractivity contribution in [3.05, 3.63) is 60.8 Å². The molecule has 0 atom stereocenters. The molecule has 4 aromatic rings. The summed E-state index contributed by atoms with van der Waals surface area (Å²) in [5, 5.41) is 14.6. The fourth-order valence-electron chi connectivity index (χ4n) is 4.24. The van der Waals surface area contributed by atoms with E-state index >= 15 is 0 Å². The van der Waals surface area contributed by atoms with Crippen molar-refractivity contribution in [1.29, 1.82) is 0 Å². The van der Waals surface area contributed by atoms with Crippen LogP contribution < -0.4 is 15.4 Å². The van der Waals surface area contributed by atoms with Crippen molar-refractivity contribution in [3.8, 4) is 5.75 Å². The van der Waals surface area contributed by atoms with E-state index in [1.807, 2.05) is 18.2 Å². The van der Waals surface area contributed by atoms with Crippen molar-refractivity contribution < 1.29 is 13.9 Å². The van der Waals surface area contributed by atoms with Crippen LogP contribution in [0.15, 0.2) is 55.0 Å². The van der Waals surface area contributed by atoms with Gasteiger partial charge in [-0.2, -0.15) is 0 Å². The highest BCUT2D eigenvalue weighted by Crippen LogP contribution is 2.25. The molecule has 1 saturated heterocycles. The first-order chi connectivity index (χ1) is 18.5. The lowest BCUT2D eigenvalue weighted by Crippen LogP contribution is -2.44. The summed E-state index contributed by atoms with van der Waals surface area (Å²) >= 11 is 0. The van der Waals surface area contributed by atoms with Gasteiger partial charge in [0.2, 0.25) is 5.91 Å². The third kappa shape index (κ3) is 6.78. The summed E-state index contributed by atoms with van der Waals surface area (Å²) in [4.78, 5) is 25.8. The molecule has 2 aromatic carbocycles. The highest BCUT2D eigenvalue weighted by atomic mass is 19.1. The number of hydrogen-bond acceptors (Lipinski definition) is 9. The predicted molar refractivity (Wildman–Crippen MR) is 142 cm³/mol. The van der Waals surface area contributed by atoms with E-state index in [9.17, 15) is 9.18 Å². The molecule has 12 heteroatoms. The molecule has 0 spiro atoms. The fraction of sp³-hybridized carbons (Fsp3) is 0.346. The van der Waals surface area contributed by atoms with E-state index in [-0.39, 0.29) is 12.5 Å². The van der Waals surface area contributed by atoms with Crippen LogP contribution in [0.3, 0.4) is 0 Å². The number of benzene rings is 2. The zero-order chi connectivity index (χ0) is 26.3. The molecule has 11 nitrogen and oxygen atoms in total. The number of ether oxygens (including phenoxy) is 1. The van der Waals surface area contributed by atoms with Gasteiger partial charge < -0.3 is 25.2 Å². The van der Waals surface area contributed by atoms with Gasteiger partial charge in [-0.15, -0.1) is 5.10 Å². The third-order valence-electron chi connectivity index (χ3n) is 6.29. The van der Waals surface area contributed by atoms with Crippen LogP contribution in [-0.4, -0.2) is 87.0 Å². The molecular weight excluding hydrogens is 489 g/mol. The largest absolute Gasteiger partial charge is 0.493 e. The maximum absolute atomic E-state index is 13.3. The molecule has 0 bridgehead atoms. The Morgan fingerprint density at radius 2 is 1.97 bits per heavy atom. The Bertz CT molecular complexity index is 1390.